The van der Waals surface area contributed by atoms with Crippen molar-refractivity contribution in [2.24, 2.45) is 5.92 Å². The number of carboxylic acids is 1. The first-order valence-corrected chi connectivity index (χ1v) is 13.5. The Balaban J connectivity index is 1.33. The second kappa shape index (κ2) is 10.4. The number of hydrogen-bond acceptors (Lipinski definition) is 6. The third kappa shape index (κ3) is 4.71. The molecule has 0 fully saturated rings. The van der Waals surface area contributed by atoms with Crippen LogP contribution in [0.25, 0.3) is 10.1 Å². The lowest BCUT2D eigenvalue weighted by Gasteiger charge is -2.28. The number of anilines is 1. The Hall–Kier alpha value is -3.92. The number of rotatable bonds is 8. The molecule has 1 aromatic heterocycles. The molecule has 0 saturated heterocycles. The Morgan fingerprint density at radius 1 is 1.18 bits per heavy atom. The number of nitrogens with zero attached hydrogens (tertiary/aromatic N) is 1. The lowest BCUT2D eigenvalue weighted by molar-refractivity contribution is -0.140. The third-order valence-corrected chi connectivity index (χ3v) is 8.33. The lowest BCUT2D eigenvalue weighted by atomic mass is 9.97. The van der Waals surface area contributed by atoms with Crippen molar-refractivity contribution in [3.63, 3.8) is 0 Å². The third-order valence-electron chi connectivity index (χ3n) is 7.32. The molecule has 38 heavy (non-hydrogen) atoms. The van der Waals surface area contributed by atoms with Gasteiger partial charge in [-0.25, -0.2) is 4.79 Å². The lowest BCUT2D eigenvalue weighted by Crippen LogP contribution is -2.58. The van der Waals surface area contributed by atoms with Crippen LogP contribution in [0, 0.1) is 5.92 Å². The van der Waals surface area contributed by atoms with Crippen LogP contribution in [0.4, 0.5) is 5.69 Å². The van der Waals surface area contributed by atoms with E-state index in [0.29, 0.717) is 23.4 Å². The summed E-state index contributed by atoms with van der Waals surface area (Å²) in [7, 11) is 0. The number of ether oxygens (including phenoxy) is 1. The highest BCUT2D eigenvalue weighted by Gasteiger charge is 2.45. The van der Waals surface area contributed by atoms with E-state index in [2.05, 4.69) is 10.6 Å². The average molecular weight is 536 g/mol. The Kier molecular flexibility index (Phi) is 7.07. The molecule has 3 N–H and O–H groups in total. The van der Waals surface area contributed by atoms with Crippen LogP contribution in [0.15, 0.2) is 47.8 Å². The predicted octanol–water partition coefficient (Wildman–Crippen LogP) is 2.89. The first-order chi connectivity index (χ1) is 18.3. The maximum absolute atomic E-state index is 13.5. The summed E-state index contributed by atoms with van der Waals surface area (Å²) in [5, 5.41) is 18.3. The van der Waals surface area contributed by atoms with Gasteiger partial charge in [0.15, 0.2) is 0 Å². The van der Waals surface area contributed by atoms with Gasteiger partial charge in [-0.1, -0.05) is 50.6 Å². The van der Waals surface area contributed by atoms with E-state index in [1.165, 1.54) is 4.90 Å². The van der Waals surface area contributed by atoms with Gasteiger partial charge in [-0.2, -0.15) is 0 Å². The number of carbonyl (C=O) groups excluding carboxylic acids is 3. The largest absolute Gasteiger partial charge is 0.489 e. The van der Waals surface area contributed by atoms with Crippen molar-refractivity contribution < 1.29 is 29.0 Å². The summed E-state index contributed by atoms with van der Waals surface area (Å²) in [5.74, 6) is -2.28. The van der Waals surface area contributed by atoms with Gasteiger partial charge in [0.1, 0.15) is 30.5 Å². The van der Waals surface area contributed by atoms with Gasteiger partial charge in [-0.15, -0.1) is 11.3 Å². The number of para-hydroxylation sites is 1. The standard InChI is InChI=1S/C28H29N3O6S/c1-3-15(2)24(30-23(32)12-17-14-38-22-10-5-4-8-18(17)22)26(33)29-19-13-37-21-9-6-7-16-11-20(28(35)36)31(25(16)21)27(19)34/h4-10,14-15,19-20,24H,3,11-13H2,1-2H3,(H,29,33)(H,30,32)(H,35,36)/t15-,19-,20-,24-/m0/s1. The van der Waals surface area contributed by atoms with Gasteiger partial charge >= 0.3 is 5.97 Å². The SMILES string of the molecule is CC[C@H](C)[C@H](NC(=O)Cc1csc2ccccc12)C(=O)N[C@H]1COc2cccc3c2N(C1=O)[C@H](C(=O)O)C3. The van der Waals surface area contributed by atoms with E-state index < -0.39 is 35.9 Å². The van der Waals surface area contributed by atoms with Crippen LogP contribution < -0.4 is 20.3 Å². The smallest absolute Gasteiger partial charge is 0.327 e. The number of carbonyl (C=O) groups is 4. The summed E-state index contributed by atoms with van der Waals surface area (Å²) >= 11 is 1.56. The molecule has 3 amide bonds. The molecule has 4 atom stereocenters. The first-order valence-electron chi connectivity index (χ1n) is 12.6. The van der Waals surface area contributed by atoms with Gasteiger partial charge in [0.05, 0.1) is 12.1 Å². The molecule has 9 nitrogen and oxygen atoms in total. The van der Waals surface area contributed by atoms with E-state index in [-0.39, 0.29) is 31.3 Å². The van der Waals surface area contributed by atoms with Crippen LogP contribution in [0.2, 0.25) is 0 Å². The van der Waals surface area contributed by atoms with Gasteiger partial charge < -0.3 is 20.5 Å². The Bertz CT molecular complexity index is 1420. The Labute approximate surface area is 223 Å². The van der Waals surface area contributed by atoms with Crippen molar-refractivity contribution in [1.82, 2.24) is 10.6 Å². The second-order valence-corrected chi connectivity index (χ2v) is 10.7. The van der Waals surface area contributed by atoms with Crippen molar-refractivity contribution in [3.05, 3.63) is 59.0 Å². The van der Waals surface area contributed by atoms with Crippen LogP contribution in [-0.2, 0) is 32.0 Å². The zero-order chi connectivity index (χ0) is 27.0. The highest BCUT2D eigenvalue weighted by molar-refractivity contribution is 7.17. The molecule has 0 aliphatic carbocycles. The van der Waals surface area contributed by atoms with Crippen LogP contribution in [0.3, 0.4) is 0 Å². The molecule has 2 aromatic carbocycles. The molecular formula is C28H29N3O6S. The highest BCUT2D eigenvalue weighted by Crippen LogP contribution is 2.42. The molecule has 2 aliphatic heterocycles. The van der Waals surface area contributed by atoms with Gasteiger partial charge in [0.25, 0.3) is 5.91 Å². The quantitative estimate of drug-likeness (QED) is 0.407. The normalized spacial score (nSPS) is 19.7. The zero-order valence-corrected chi connectivity index (χ0v) is 21.9. The van der Waals surface area contributed by atoms with Crippen LogP contribution in [-0.4, -0.2) is 53.5 Å². The Morgan fingerprint density at radius 2 is 1.97 bits per heavy atom. The van der Waals surface area contributed by atoms with Gasteiger partial charge in [0, 0.05) is 11.1 Å². The molecule has 0 unspecified atom stereocenters. The van der Waals surface area contributed by atoms with Crippen molar-refractivity contribution in [1.29, 1.82) is 0 Å². The number of amides is 3. The molecule has 3 aromatic rings. The van der Waals surface area contributed by atoms with E-state index in [1.807, 2.05) is 43.5 Å². The number of hydrogen-bond donors (Lipinski definition) is 3. The summed E-state index contributed by atoms with van der Waals surface area (Å²) in [5.41, 5.74) is 2.04. The molecule has 0 spiro atoms. The number of carboxylic acid groups (broad SMARTS) is 1. The van der Waals surface area contributed by atoms with Crippen molar-refractivity contribution in [3.8, 4) is 5.75 Å². The second-order valence-electron chi connectivity index (χ2n) is 9.77. The van der Waals surface area contributed by atoms with E-state index in [0.717, 1.165) is 15.6 Å². The van der Waals surface area contributed by atoms with E-state index >= 15 is 0 Å². The molecule has 0 bridgehead atoms. The maximum Gasteiger partial charge on any atom is 0.327 e. The van der Waals surface area contributed by atoms with E-state index in [9.17, 15) is 24.3 Å². The first kappa shape index (κ1) is 25.7. The molecule has 198 valence electrons. The highest BCUT2D eigenvalue weighted by atomic mass is 32.1. The number of aliphatic carboxylic acids is 1. The number of thiophene rings is 1. The van der Waals surface area contributed by atoms with Crippen LogP contribution in [0.5, 0.6) is 5.75 Å². The molecule has 10 heteroatoms. The molecule has 5 rings (SSSR count). The van der Waals surface area contributed by atoms with Crippen LogP contribution in [0.1, 0.15) is 31.4 Å². The minimum Gasteiger partial charge on any atom is -0.489 e. The molecule has 0 saturated carbocycles. The zero-order valence-electron chi connectivity index (χ0n) is 21.1. The van der Waals surface area contributed by atoms with Crippen LogP contribution >= 0.6 is 11.3 Å². The summed E-state index contributed by atoms with van der Waals surface area (Å²) < 4.78 is 6.94. The minimum absolute atomic E-state index is 0.127. The molecule has 2 aliphatic rings. The summed E-state index contributed by atoms with van der Waals surface area (Å²) in [4.78, 5) is 53.2. The van der Waals surface area contributed by atoms with Crippen molar-refractivity contribution in [2.75, 3.05) is 11.5 Å². The van der Waals surface area contributed by atoms with E-state index in [1.54, 1.807) is 29.5 Å². The average Bonchev–Trinajstić information content (AvgIpc) is 3.47. The summed E-state index contributed by atoms with van der Waals surface area (Å²) in [6.07, 6.45) is 0.913. The molecule has 0 radical (unpaired) electrons. The number of benzene rings is 2. The fourth-order valence-corrected chi connectivity index (χ4v) is 6.05. The minimum atomic E-state index is -1.13. The monoisotopic (exact) mass is 535 g/mol. The summed E-state index contributed by atoms with van der Waals surface area (Å²) in [6.45, 7) is 3.63. The fraction of sp³-hybridized carbons (Fsp3) is 0.357. The van der Waals surface area contributed by atoms with Gasteiger partial charge in [-0.05, 0) is 39.9 Å². The maximum atomic E-state index is 13.5. The number of nitrogens with one attached hydrogen (secondary N) is 2. The molecular weight excluding hydrogens is 506 g/mol. The summed E-state index contributed by atoms with van der Waals surface area (Å²) in [6, 6.07) is 10.00. The topological polar surface area (TPSA) is 125 Å². The van der Waals surface area contributed by atoms with Crippen molar-refractivity contribution >= 4 is 50.8 Å². The Morgan fingerprint density at radius 3 is 2.74 bits per heavy atom. The van der Waals surface area contributed by atoms with Gasteiger partial charge in [-0.3, -0.25) is 19.3 Å². The van der Waals surface area contributed by atoms with Gasteiger partial charge in [0.2, 0.25) is 11.8 Å². The van der Waals surface area contributed by atoms with E-state index in [4.69, 9.17) is 4.74 Å². The van der Waals surface area contributed by atoms with Crippen molar-refractivity contribution in [2.45, 2.75) is 51.2 Å². The fourth-order valence-electron chi connectivity index (χ4n) is 5.09. The number of fused-ring (bicyclic) bond motifs is 1. The molecule has 3 heterocycles. The predicted molar refractivity (Wildman–Crippen MR) is 143 cm³/mol.